The predicted molar refractivity (Wildman–Crippen MR) is 110 cm³/mol. The van der Waals surface area contributed by atoms with E-state index >= 15 is 0 Å². The normalized spacial score (nSPS) is 11.0. The lowest BCUT2D eigenvalue weighted by atomic mass is 10.1. The number of ether oxygens (including phenoxy) is 1. The van der Waals surface area contributed by atoms with E-state index in [0.29, 0.717) is 28.7 Å². The van der Waals surface area contributed by atoms with Crippen LogP contribution in [0.25, 0.3) is 6.08 Å². The summed E-state index contributed by atoms with van der Waals surface area (Å²) in [6.45, 7) is 2.23. The largest absolute Gasteiger partial charge is 0.489 e. The lowest BCUT2D eigenvalue weighted by Crippen LogP contribution is -2.11. The van der Waals surface area contributed by atoms with Gasteiger partial charge in [0.2, 0.25) is 0 Å². The van der Waals surface area contributed by atoms with Gasteiger partial charge in [-0.2, -0.15) is 0 Å². The molecule has 0 saturated heterocycles. The molecular weight excluding hydrogens is 394 g/mol. The van der Waals surface area contributed by atoms with Crippen molar-refractivity contribution in [3.63, 3.8) is 0 Å². The SMILES string of the molecule is Cc1ncc([N+](=O)[O-])n1CCOc1ccc(C(=O)/C=C/c2cccc(Cl)c2)cc1. The molecule has 29 heavy (non-hydrogen) atoms. The van der Waals surface area contributed by atoms with E-state index in [0.717, 1.165) is 5.56 Å². The van der Waals surface area contributed by atoms with Gasteiger partial charge < -0.3 is 14.9 Å². The number of aryl methyl sites for hydroxylation is 1. The number of carbonyl (C=O) groups is 1. The fourth-order valence-corrected chi connectivity index (χ4v) is 2.93. The van der Waals surface area contributed by atoms with Crippen molar-refractivity contribution in [1.82, 2.24) is 9.55 Å². The maximum absolute atomic E-state index is 12.3. The first-order chi connectivity index (χ1) is 13.9. The summed E-state index contributed by atoms with van der Waals surface area (Å²) in [4.78, 5) is 26.8. The van der Waals surface area contributed by atoms with Gasteiger partial charge in [0.1, 0.15) is 25.1 Å². The highest BCUT2D eigenvalue weighted by Gasteiger charge is 2.16. The Morgan fingerprint density at radius 3 is 2.72 bits per heavy atom. The maximum Gasteiger partial charge on any atom is 0.342 e. The quantitative estimate of drug-likeness (QED) is 0.231. The summed E-state index contributed by atoms with van der Waals surface area (Å²) in [5.41, 5.74) is 1.37. The highest BCUT2D eigenvalue weighted by molar-refractivity contribution is 6.30. The first-order valence-corrected chi connectivity index (χ1v) is 9.19. The number of benzene rings is 2. The summed E-state index contributed by atoms with van der Waals surface area (Å²) in [5.74, 6) is 0.910. The monoisotopic (exact) mass is 411 g/mol. The number of allylic oxidation sites excluding steroid dienone is 1. The highest BCUT2D eigenvalue weighted by atomic mass is 35.5. The van der Waals surface area contributed by atoms with Crippen LogP contribution in [0.4, 0.5) is 5.82 Å². The van der Waals surface area contributed by atoms with E-state index in [1.165, 1.54) is 16.8 Å². The van der Waals surface area contributed by atoms with E-state index in [4.69, 9.17) is 16.3 Å². The van der Waals surface area contributed by atoms with E-state index < -0.39 is 4.92 Å². The van der Waals surface area contributed by atoms with Gasteiger partial charge >= 0.3 is 5.82 Å². The summed E-state index contributed by atoms with van der Waals surface area (Å²) < 4.78 is 7.12. The highest BCUT2D eigenvalue weighted by Crippen LogP contribution is 2.17. The minimum absolute atomic E-state index is 0.0708. The van der Waals surface area contributed by atoms with Gasteiger partial charge in [-0.25, -0.2) is 9.55 Å². The Balaban J connectivity index is 1.57. The van der Waals surface area contributed by atoms with Crippen molar-refractivity contribution < 1.29 is 14.5 Å². The second-order valence-electron chi connectivity index (χ2n) is 6.20. The van der Waals surface area contributed by atoms with Crippen molar-refractivity contribution in [2.45, 2.75) is 13.5 Å². The van der Waals surface area contributed by atoms with E-state index in [2.05, 4.69) is 4.98 Å². The van der Waals surface area contributed by atoms with Crippen LogP contribution in [0.15, 0.2) is 60.8 Å². The Bertz CT molecular complexity index is 1060. The molecule has 3 rings (SSSR count). The van der Waals surface area contributed by atoms with Crippen molar-refractivity contribution in [2.75, 3.05) is 6.61 Å². The molecule has 0 spiro atoms. The summed E-state index contributed by atoms with van der Waals surface area (Å²) in [6.07, 6.45) is 4.42. The molecule has 1 aromatic heterocycles. The van der Waals surface area contributed by atoms with E-state index in [1.807, 2.05) is 12.1 Å². The molecule has 0 atom stereocenters. The first kappa shape index (κ1) is 20.3. The smallest absolute Gasteiger partial charge is 0.342 e. The summed E-state index contributed by atoms with van der Waals surface area (Å²) in [5, 5.41) is 11.6. The van der Waals surface area contributed by atoms with Gasteiger partial charge in [-0.1, -0.05) is 29.8 Å². The second-order valence-corrected chi connectivity index (χ2v) is 6.63. The topological polar surface area (TPSA) is 87.3 Å². The number of rotatable bonds is 8. The third kappa shape index (κ3) is 5.30. The molecule has 1 heterocycles. The zero-order chi connectivity index (χ0) is 20.8. The van der Waals surface area contributed by atoms with Gasteiger partial charge in [0.15, 0.2) is 11.6 Å². The molecule has 0 aliphatic heterocycles. The standard InChI is InChI=1S/C21H18ClN3O4/c1-15-23-14-21(25(27)28)24(15)11-12-29-19-8-6-17(7-9-19)20(26)10-5-16-3-2-4-18(22)13-16/h2-10,13-14H,11-12H2,1H3/b10-5+. The van der Waals surface area contributed by atoms with Gasteiger partial charge in [0, 0.05) is 17.5 Å². The Morgan fingerprint density at radius 2 is 2.03 bits per heavy atom. The summed E-state index contributed by atoms with van der Waals surface area (Å²) in [6, 6.07) is 13.9. The van der Waals surface area contributed by atoms with Gasteiger partial charge in [-0.05, 0) is 53.0 Å². The molecule has 0 N–H and O–H groups in total. The maximum atomic E-state index is 12.3. The van der Waals surface area contributed by atoms with Crippen molar-refractivity contribution in [3.8, 4) is 5.75 Å². The number of aromatic nitrogens is 2. The average Bonchev–Trinajstić information content (AvgIpc) is 3.07. The second kappa shape index (κ2) is 9.16. The number of nitro groups is 1. The number of carbonyl (C=O) groups excluding carboxylic acids is 1. The molecule has 0 saturated carbocycles. The van der Waals surface area contributed by atoms with Gasteiger partial charge in [-0.3, -0.25) is 4.79 Å². The molecule has 0 unspecified atom stereocenters. The Labute approximate surface area is 172 Å². The fourth-order valence-electron chi connectivity index (χ4n) is 2.73. The zero-order valence-electron chi connectivity index (χ0n) is 15.6. The van der Waals surface area contributed by atoms with Crippen molar-refractivity contribution in [3.05, 3.63) is 92.9 Å². The lowest BCUT2D eigenvalue weighted by molar-refractivity contribution is -0.392. The van der Waals surface area contributed by atoms with Crippen LogP contribution in [-0.4, -0.2) is 26.9 Å². The number of ketones is 1. The van der Waals surface area contributed by atoms with Crippen LogP contribution >= 0.6 is 11.6 Å². The molecule has 0 amide bonds. The van der Waals surface area contributed by atoms with Crippen molar-refractivity contribution in [1.29, 1.82) is 0 Å². The van der Waals surface area contributed by atoms with Gasteiger partial charge in [0.25, 0.3) is 0 Å². The van der Waals surface area contributed by atoms with Crippen molar-refractivity contribution >= 4 is 29.3 Å². The molecule has 0 fully saturated rings. The van der Waals surface area contributed by atoms with E-state index in [-0.39, 0.29) is 18.2 Å². The van der Waals surface area contributed by atoms with Crippen LogP contribution in [0, 0.1) is 17.0 Å². The first-order valence-electron chi connectivity index (χ1n) is 8.81. The third-order valence-electron chi connectivity index (χ3n) is 4.22. The number of imidazole rings is 1. The third-order valence-corrected chi connectivity index (χ3v) is 4.45. The summed E-state index contributed by atoms with van der Waals surface area (Å²) >= 11 is 5.93. The predicted octanol–water partition coefficient (Wildman–Crippen LogP) is 4.73. The van der Waals surface area contributed by atoms with Gasteiger partial charge in [-0.15, -0.1) is 0 Å². The van der Waals surface area contributed by atoms with Crippen LogP contribution in [-0.2, 0) is 6.54 Å². The van der Waals surface area contributed by atoms with Crippen molar-refractivity contribution in [2.24, 2.45) is 0 Å². The van der Waals surface area contributed by atoms with Crippen LogP contribution < -0.4 is 4.74 Å². The number of hydrogen-bond acceptors (Lipinski definition) is 5. The van der Waals surface area contributed by atoms with E-state index in [1.54, 1.807) is 49.4 Å². The van der Waals surface area contributed by atoms with Crippen LogP contribution in [0.5, 0.6) is 5.75 Å². The van der Waals surface area contributed by atoms with Crippen LogP contribution in [0.1, 0.15) is 21.7 Å². The molecule has 0 aliphatic rings. The lowest BCUT2D eigenvalue weighted by Gasteiger charge is -2.07. The Hall–Kier alpha value is -3.45. The average molecular weight is 412 g/mol. The minimum Gasteiger partial charge on any atom is -0.489 e. The van der Waals surface area contributed by atoms with Crippen LogP contribution in [0.3, 0.4) is 0 Å². The molecule has 0 aliphatic carbocycles. The fraction of sp³-hybridized carbons (Fsp3) is 0.143. The number of hydrogen-bond donors (Lipinski definition) is 0. The Morgan fingerprint density at radius 1 is 1.28 bits per heavy atom. The molecule has 8 heteroatoms. The van der Waals surface area contributed by atoms with Crippen LogP contribution in [0.2, 0.25) is 5.02 Å². The Kier molecular flexibility index (Phi) is 6.41. The molecule has 2 aromatic carbocycles. The molecule has 7 nitrogen and oxygen atoms in total. The molecule has 0 bridgehead atoms. The number of nitrogens with zero attached hydrogens (tertiary/aromatic N) is 3. The zero-order valence-corrected chi connectivity index (χ0v) is 16.4. The molecule has 0 radical (unpaired) electrons. The molecular formula is C21H18ClN3O4. The van der Waals surface area contributed by atoms with Gasteiger partial charge in [0.05, 0.1) is 0 Å². The summed E-state index contributed by atoms with van der Waals surface area (Å²) in [7, 11) is 0. The molecule has 148 valence electrons. The molecule has 3 aromatic rings. The van der Waals surface area contributed by atoms with E-state index in [9.17, 15) is 14.9 Å². The minimum atomic E-state index is -0.475. The number of halogens is 1.